The van der Waals surface area contributed by atoms with E-state index in [1.807, 2.05) is 0 Å². The fourth-order valence-electron chi connectivity index (χ4n) is 3.60. The topological polar surface area (TPSA) is 117 Å². The van der Waals surface area contributed by atoms with Crippen molar-refractivity contribution in [3.8, 4) is 0 Å². The first-order chi connectivity index (χ1) is 13.9. The number of likely N-dealkylation sites (tertiary alicyclic amines) is 1. The van der Waals surface area contributed by atoms with Crippen molar-refractivity contribution in [2.45, 2.75) is 25.8 Å². The number of pyridine rings is 1. The summed E-state index contributed by atoms with van der Waals surface area (Å²) in [5, 5.41) is 3.42. The lowest BCUT2D eigenvalue weighted by Gasteiger charge is -2.22. The molecule has 1 aliphatic heterocycles. The van der Waals surface area contributed by atoms with Crippen LogP contribution in [0, 0.1) is 0 Å². The SMILES string of the molecule is CC(=O)N1CCCC1C(=O)Nc1ccc2[nH]c(=O)c(C(=O)n3ccnc3)cc2c1. The molecule has 2 aromatic heterocycles. The first-order valence-electron chi connectivity index (χ1n) is 9.22. The molecule has 0 bridgehead atoms. The van der Waals surface area contributed by atoms with Crippen molar-refractivity contribution in [1.29, 1.82) is 0 Å². The van der Waals surface area contributed by atoms with Gasteiger partial charge in [-0.2, -0.15) is 0 Å². The highest BCUT2D eigenvalue weighted by Crippen LogP contribution is 2.21. The van der Waals surface area contributed by atoms with E-state index >= 15 is 0 Å². The zero-order valence-corrected chi connectivity index (χ0v) is 15.7. The third kappa shape index (κ3) is 3.54. The molecule has 1 aliphatic rings. The zero-order valence-electron chi connectivity index (χ0n) is 15.7. The maximum atomic E-state index is 12.6. The van der Waals surface area contributed by atoms with E-state index in [2.05, 4.69) is 15.3 Å². The highest BCUT2D eigenvalue weighted by molar-refractivity contribution is 6.01. The Labute approximate surface area is 165 Å². The second-order valence-electron chi connectivity index (χ2n) is 6.95. The van der Waals surface area contributed by atoms with Gasteiger partial charge >= 0.3 is 0 Å². The molecule has 1 fully saturated rings. The number of fused-ring (bicyclic) bond motifs is 1. The number of H-pyrrole nitrogens is 1. The number of carbonyl (C=O) groups is 3. The second-order valence-corrected chi connectivity index (χ2v) is 6.95. The first-order valence-corrected chi connectivity index (χ1v) is 9.22. The van der Waals surface area contributed by atoms with Gasteiger partial charge in [0, 0.05) is 42.5 Å². The summed E-state index contributed by atoms with van der Waals surface area (Å²) in [6.07, 6.45) is 5.65. The molecule has 0 saturated carbocycles. The summed E-state index contributed by atoms with van der Waals surface area (Å²) in [4.78, 5) is 57.2. The Morgan fingerprint density at radius 3 is 2.79 bits per heavy atom. The van der Waals surface area contributed by atoms with Crippen LogP contribution in [0.15, 0.2) is 47.8 Å². The van der Waals surface area contributed by atoms with Crippen LogP contribution in [0.5, 0.6) is 0 Å². The average Bonchev–Trinajstić information content (AvgIpc) is 3.39. The Kier molecular flexibility index (Phi) is 4.71. The minimum atomic E-state index is -0.504. The molecule has 2 amide bonds. The van der Waals surface area contributed by atoms with Crippen LogP contribution >= 0.6 is 0 Å². The molecule has 148 valence electrons. The van der Waals surface area contributed by atoms with Gasteiger partial charge in [0.05, 0.1) is 0 Å². The Balaban J connectivity index is 1.62. The number of nitrogens with one attached hydrogen (secondary N) is 2. The minimum Gasteiger partial charge on any atom is -0.331 e. The number of nitrogens with zero attached hydrogens (tertiary/aromatic N) is 3. The average molecular weight is 393 g/mol. The molecule has 9 heteroatoms. The van der Waals surface area contributed by atoms with Crippen molar-refractivity contribution in [2.24, 2.45) is 0 Å². The van der Waals surface area contributed by atoms with Crippen molar-refractivity contribution in [3.63, 3.8) is 0 Å². The quantitative estimate of drug-likeness (QED) is 0.697. The predicted molar refractivity (Wildman–Crippen MR) is 106 cm³/mol. The van der Waals surface area contributed by atoms with Gasteiger partial charge < -0.3 is 15.2 Å². The van der Waals surface area contributed by atoms with Gasteiger partial charge in [-0.15, -0.1) is 0 Å². The number of rotatable bonds is 3. The van der Waals surface area contributed by atoms with Crippen LogP contribution in [0.4, 0.5) is 5.69 Å². The summed E-state index contributed by atoms with van der Waals surface area (Å²) in [7, 11) is 0. The van der Waals surface area contributed by atoms with Gasteiger partial charge in [-0.1, -0.05) is 0 Å². The molecule has 0 aliphatic carbocycles. The van der Waals surface area contributed by atoms with Crippen molar-refractivity contribution >= 4 is 34.3 Å². The van der Waals surface area contributed by atoms with Crippen LogP contribution < -0.4 is 10.9 Å². The molecule has 3 heterocycles. The summed E-state index contributed by atoms with van der Waals surface area (Å²) >= 11 is 0. The lowest BCUT2D eigenvalue weighted by molar-refractivity contribution is -0.134. The summed E-state index contributed by atoms with van der Waals surface area (Å²) in [5.41, 5.74) is 0.529. The Morgan fingerprint density at radius 2 is 2.07 bits per heavy atom. The molecule has 1 unspecified atom stereocenters. The molecule has 1 aromatic carbocycles. The van der Waals surface area contributed by atoms with Crippen molar-refractivity contribution in [1.82, 2.24) is 19.4 Å². The van der Waals surface area contributed by atoms with Gasteiger partial charge in [-0.25, -0.2) is 4.98 Å². The molecular weight excluding hydrogens is 374 g/mol. The van der Waals surface area contributed by atoms with E-state index in [9.17, 15) is 19.2 Å². The molecule has 3 aromatic rings. The number of hydrogen-bond acceptors (Lipinski definition) is 5. The summed E-state index contributed by atoms with van der Waals surface area (Å²) < 4.78 is 1.22. The minimum absolute atomic E-state index is 0.0301. The van der Waals surface area contributed by atoms with Gasteiger partial charge in [-0.3, -0.25) is 23.7 Å². The van der Waals surface area contributed by atoms with Crippen molar-refractivity contribution in [3.05, 3.63) is 58.9 Å². The molecule has 9 nitrogen and oxygen atoms in total. The predicted octanol–water partition coefficient (Wildman–Crippen LogP) is 1.36. The number of aromatic amines is 1. The fraction of sp³-hybridized carbons (Fsp3) is 0.250. The highest BCUT2D eigenvalue weighted by Gasteiger charge is 2.32. The van der Waals surface area contributed by atoms with Crippen LogP contribution in [0.25, 0.3) is 10.9 Å². The maximum absolute atomic E-state index is 12.6. The number of amides is 2. The van der Waals surface area contributed by atoms with E-state index in [0.717, 1.165) is 6.42 Å². The zero-order chi connectivity index (χ0) is 20.5. The van der Waals surface area contributed by atoms with Crippen LogP contribution in [-0.2, 0) is 9.59 Å². The van der Waals surface area contributed by atoms with Gasteiger partial charge in [0.15, 0.2) is 0 Å². The standard InChI is InChI=1S/C20H19N5O4/c1-12(26)25-7-2-3-17(25)19(28)22-14-4-5-16-13(9-14)10-15(18(27)23-16)20(29)24-8-6-21-11-24/h4-6,8-11,17H,2-3,7H2,1H3,(H,22,28)(H,23,27). The van der Waals surface area contributed by atoms with Crippen LogP contribution in [-0.4, -0.2) is 49.7 Å². The smallest absolute Gasteiger partial charge is 0.268 e. The molecule has 2 N–H and O–H groups in total. The number of benzene rings is 1. The number of carbonyl (C=O) groups excluding carboxylic acids is 3. The van der Waals surface area contributed by atoms with E-state index < -0.39 is 17.5 Å². The molecular formula is C20H19N5O4. The third-order valence-corrected chi connectivity index (χ3v) is 5.04. The Bertz CT molecular complexity index is 1170. The molecule has 0 radical (unpaired) electrons. The normalized spacial score (nSPS) is 16.2. The van der Waals surface area contributed by atoms with Gasteiger partial charge in [0.2, 0.25) is 11.8 Å². The Hall–Kier alpha value is -3.75. The molecule has 0 spiro atoms. The van der Waals surface area contributed by atoms with Gasteiger partial charge in [-0.05, 0) is 37.1 Å². The van der Waals surface area contributed by atoms with Crippen LogP contribution in [0.3, 0.4) is 0 Å². The molecule has 29 heavy (non-hydrogen) atoms. The summed E-state index contributed by atoms with van der Waals surface area (Å²) in [6.45, 7) is 2.03. The van der Waals surface area contributed by atoms with E-state index in [1.54, 1.807) is 23.1 Å². The van der Waals surface area contributed by atoms with Crippen molar-refractivity contribution in [2.75, 3.05) is 11.9 Å². The van der Waals surface area contributed by atoms with E-state index in [-0.39, 0.29) is 17.4 Å². The fourth-order valence-corrected chi connectivity index (χ4v) is 3.60. The third-order valence-electron chi connectivity index (χ3n) is 5.04. The largest absolute Gasteiger partial charge is 0.331 e. The number of anilines is 1. The molecule has 1 saturated heterocycles. The molecule has 4 rings (SSSR count). The highest BCUT2D eigenvalue weighted by atomic mass is 16.2. The van der Waals surface area contributed by atoms with E-state index in [0.29, 0.717) is 29.6 Å². The number of imidazole rings is 1. The van der Waals surface area contributed by atoms with Crippen LogP contribution in [0.2, 0.25) is 0 Å². The van der Waals surface area contributed by atoms with E-state index in [1.165, 1.54) is 36.3 Å². The second kappa shape index (κ2) is 7.34. The van der Waals surface area contributed by atoms with Crippen molar-refractivity contribution < 1.29 is 14.4 Å². The number of aromatic nitrogens is 3. The lowest BCUT2D eigenvalue weighted by atomic mass is 10.1. The maximum Gasteiger partial charge on any atom is 0.268 e. The van der Waals surface area contributed by atoms with Gasteiger partial charge in [0.1, 0.15) is 17.9 Å². The summed E-state index contributed by atoms with van der Waals surface area (Å²) in [5.74, 6) is -0.874. The summed E-state index contributed by atoms with van der Waals surface area (Å²) in [6, 6.07) is 6.01. The monoisotopic (exact) mass is 393 g/mol. The first kappa shape index (κ1) is 18.6. The lowest BCUT2D eigenvalue weighted by Crippen LogP contribution is -2.42. The Morgan fingerprint density at radius 1 is 1.24 bits per heavy atom. The number of hydrogen-bond donors (Lipinski definition) is 2. The van der Waals surface area contributed by atoms with Crippen LogP contribution in [0.1, 0.15) is 30.1 Å². The molecule has 1 atom stereocenters. The van der Waals surface area contributed by atoms with E-state index in [4.69, 9.17) is 0 Å². The van der Waals surface area contributed by atoms with Gasteiger partial charge in [0.25, 0.3) is 11.5 Å².